The Kier molecular flexibility index (Phi) is 4.93. The van der Waals surface area contributed by atoms with Crippen LogP contribution in [0.3, 0.4) is 0 Å². The highest BCUT2D eigenvalue weighted by Gasteiger charge is 2.05. The summed E-state index contributed by atoms with van der Waals surface area (Å²) in [5.41, 5.74) is 2.22. The van der Waals surface area contributed by atoms with E-state index in [4.69, 9.17) is 0 Å². The van der Waals surface area contributed by atoms with Crippen molar-refractivity contribution in [1.29, 1.82) is 0 Å². The molecule has 2 N–H and O–H groups in total. The molecule has 20 heavy (non-hydrogen) atoms. The van der Waals surface area contributed by atoms with E-state index in [1.54, 1.807) is 7.05 Å². The third-order valence-corrected chi connectivity index (χ3v) is 3.38. The zero-order valence-corrected chi connectivity index (χ0v) is 12.4. The maximum Gasteiger partial charge on any atom is 0.191 e. The van der Waals surface area contributed by atoms with Crippen LogP contribution in [0.5, 0.6) is 0 Å². The van der Waals surface area contributed by atoms with Gasteiger partial charge in [0.2, 0.25) is 0 Å². The summed E-state index contributed by atoms with van der Waals surface area (Å²) in [6, 6.07) is 10.7. The minimum Gasteiger partial charge on any atom is -0.354 e. The van der Waals surface area contributed by atoms with Crippen molar-refractivity contribution < 1.29 is 0 Å². The molecule has 0 saturated carbocycles. The minimum atomic E-state index is 0.409. The van der Waals surface area contributed by atoms with Gasteiger partial charge in [-0.1, -0.05) is 31.2 Å². The zero-order valence-electron chi connectivity index (χ0n) is 12.4. The molecule has 0 spiro atoms. The van der Waals surface area contributed by atoms with Crippen LogP contribution in [0, 0.1) is 0 Å². The summed E-state index contributed by atoms with van der Waals surface area (Å²) in [5.74, 6) is 0.826. The van der Waals surface area contributed by atoms with Gasteiger partial charge in [0.05, 0.1) is 5.52 Å². The molecule has 0 saturated heterocycles. The molecule has 0 aliphatic carbocycles. The summed E-state index contributed by atoms with van der Waals surface area (Å²) in [7, 11) is 1.79. The van der Waals surface area contributed by atoms with Crippen molar-refractivity contribution in [3.63, 3.8) is 0 Å². The number of aliphatic imine (C=N–C) groups is 1. The topological polar surface area (TPSA) is 49.3 Å². The van der Waals surface area contributed by atoms with Gasteiger partial charge in [0.25, 0.3) is 0 Å². The molecule has 106 valence electrons. The van der Waals surface area contributed by atoms with Crippen molar-refractivity contribution in [2.45, 2.75) is 32.9 Å². The molecule has 0 aliphatic heterocycles. The number of fused-ring (bicyclic) bond motifs is 1. The van der Waals surface area contributed by atoms with Crippen LogP contribution in [-0.2, 0) is 6.54 Å². The molecule has 1 aromatic heterocycles. The van der Waals surface area contributed by atoms with Gasteiger partial charge in [-0.2, -0.15) is 0 Å². The lowest BCUT2D eigenvalue weighted by molar-refractivity contribution is 0.624. The summed E-state index contributed by atoms with van der Waals surface area (Å²) >= 11 is 0. The first-order chi connectivity index (χ1) is 9.74. The van der Waals surface area contributed by atoms with Gasteiger partial charge >= 0.3 is 0 Å². The molecule has 1 aromatic carbocycles. The van der Waals surface area contributed by atoms with Crippen molar-refractivity contribution in [3.8, 4) is 0 Å². The Morgan fingerprint density at radius 1 is 1.30 bits per heavy atom. The molecule has 0 bridgehead atoms. The van der Waals surface area contributed by atoms with Gasteiger partial charge in [-0.25, -0.2) is 0 Å². The fraction of sp³-hybridized carbons (Fsp3) is 0.375. The van der Waals surface area contributed by atoms with Gasteiger partial charge in [0, 0.05) is 31.2 Å². The van der Waals surface area contributed by atoms with Crippen LogP contribution in [-0.4, -0.2) is 24.0 Å². The Balaban J connectivity index is 2.09. The van der Waals surface area contributed by atoms with Crippen molar-refractivity contribution in [3.05, 3.63) is 42.1 Å². The lowest BCUT2D eigenvalue weighted by Crippen LogP contribution is -2.41. The van der Waals surface area contributed by atoms with Crippen molar-refractivity contribution in [1.82, 2.24) is 15.6 Å². The molecule has 1 unspecified atom stereocenters. The monoisotopic (exact) mass is 270 g/mol. The van der Waals surface area contributed by atoms with Gasteiger partial charge < -0.3 is 10.6 Å². The summed E-state index contributed by atoms with van der Waals surface area (Å²) < 4.78 is 0. The molecule has 1 atom stereocenters. The largest absolute Gasteiger partial charge is 0.354 e. The van der Waals surface area contributed by atoms with Gasteiger partial charge in [-0.15, -0.1) is 0 Å². The summed E-state index contributed by atoms with van der Waals surface area (Å²) in [5, 5.41) is 7.86. The number of nitrogens with one attached hydrogen (secondary N) is 2. The molecule has 4 heteroatoms. The van der Waals surface area contributed by atoms with Crippen molar-refractivity contribution in [2.24, 2.45) is 4.99 Å². The highest BCUT2D eigenvalue weighted by molar-refractivity contribution is 5.83. The molecule has 2 aromatic rings. The number of aromatic nitrogens is 1. The van der Waals surface area contributed by atoms with Crippen LogP contribution >= 0.6 is 0 Å². The molecule has 0 fully saturated rings. The third-order valence-electron chi connectivity index (χ3n) is 3.38. The molecule has 0 aliphatic rings. The fourth-order valence-electron chi connectivity index (χ4n) is 2.02. The highest BCUT2D eigenvalue weighted by atomic mass is 15.2. The number of pyridine rings is 1. The van der Waals surface area contributed by atoms with E-state index in [0.29, 0.717) is 12.6 Å². The van der Waals surface area contributed by atoms with Gasteiger partial charge in [0.15, 0.2) is 5.96 Å². The Bertz CT molecular complexity index is 587. The smallest absolute Gasteiger partial charge is 0.191 e. The summed E-state index contributed by atoms with van der Waals surface area (Å²) in [6.07, 6.45) is 2.90. The van der Waals surface area contributed by atoms with E-state index in [1.165, 1.54) is 5.56 Å². The summed E-state index contributed by atoms with van der Waals surface area (Å²) in [6.45, 7) is 5.01. The number of nitrogens with zero attached hydrogens (tertiary/aromatic N) is 2. The zero-order chi connectivity index (χ0) is 14.4. The lowest BCUT2D eigenvalue weighted by Gasteiger charge is -2.16. The predicted molar refractivity (Wildman–Crippen MR) is 84.8 cm³/mol. The Morgan fingerprint density at radius 2 is 2.10 bits per heavy atom. The standard InChI is InChI=1S/C16H22N4/c1-4-12(2)20-16(17-3)19-11-14-8-5-7-13-9-6-10-18-15(13)14/h5-10,12H,4,11H2,1-3H3,(H2,17,19,20). The average molecular weight is 270 g/mol. The predicted octanol–water partition coefficient (Wildman–Crippen LogP) is 2.70. The lowest BCUT2D eigenvalue weighted by atomic mass is 10.1. The normalized spacial score (nSPS) is 13.2. The number of hydrogen-bond donors (Lipinski definition) is 2. The number of hydrogen-bond acceptors (Lipinski definition) is 2. The van der Waals surface area contributed by atoms with Crippen LogP contribution in [0.1, 0.15) is 25.8 Å². The van der Waals surface area contributed by atoms with Crippen molar-refractivity contribution in [2.75, 3.05) is 7.05 Å². The Hall–Kier alpha value is -2.10. The first-order valence-corrected chi connectivity index (χ1v) is 7.04. The maximum absolute atomic E-state index is 4.46. The molecular weight excluding hydrogens is 248 g/mol. The molecule has 0 amide bonds. The highest BCUT2D eigenvalue weighted by Crippen LogP contribution is 2.15. The SMILES string of the molecule is CCC(C)NC(=NC)NCc1cccc2cccnc12. The second kappa shape index (κ2) is 6.89. The molecule has 4 nitrogen and oxygen atoms in total. The number of guanidine groups is 1. The average Bonchev–Trinajstić information content (AvgIpc) is 2.51. The number of benzene rings is 1. The van der Waals surface area contributed by atoms with E-state index in [1.807, 2.05) is 12.3 Å². The first-order valence-electron chi connectivity index (χ1n) is 7.04. The van der Waals surface area contributed by atoms with Crippen LogP contribution in [0.2, 0.25) is 0 Å². The minimum absolute atomic E-state index is 0.409. The van der Waals surface area contributed by atoms with Crippen molar-refractivity contribution >= 4 is 16.9 Å². The Morgan fingerprint density at radius 3 is 2.85 bits per heavy atom. The molecular formula is C16H22N4. The van der Waals surface area contributed by atoms with E-state index >= 15 is 0 Å². The van der Waals surface area contributed by atoms with Crippen LogP contribution in [0.25, 0.3) is 10.9 Å². The van der Waals surface area contributed by atoms with E-state index in [2.05, 4.69) is 58.7 Å². The number of rotatable bonds is 4. The molecule has 2 rings (SSSR count). The van der Waals surface area contributed by atoms with E-state index in [9.17, 15) is 0 Å². The molecule has 1 heterocycles. The fourth-order valence-corrected chi connectivity index (χ4v) is 2.02. The summed E-state index contributed by atoms with van der Waals surface area (Å²) in [4.78, 5) is 8.71. The second-order valence-corrected chi connectivity index (χ2v) is 4.87. The van der Waals surface area contributed by atoms with Gasteiger partial charge in [-0.3, -0.25) is 9.98 Å². The van der Waals surface area contributed by atoms with E-state index in [-0.39, 0.29) is 0 Å². The molecule has 0 radical (unpaired) electrons. The number of para-hydroxylation sites is 1. The second-order valence-electron chi connectivity index (χ2n) is 4.87. The van der Waals surface area contributed by atoms with E-state index in [0.717, 1.165) is 23.3 Å². The van der Waals surface area contributed by atoms with Crippen LogP contribution in [0.4, 0.5) is 0 Å². The van der Waals surface area contributed by atoms with Crippen LogP contribution < -0.4 is 10.6 Å². The third kappa shape index (κ3) is 3.47. The first kappa shape index (κ1) is 14.3. The maximum atomic E-state index is 4.46. The van der Waals surface area contributed by atoms with Gasteiger partial charge in [-0.05, 0) is 25.0 Å². The van der Waals surface area contributed by atoms with E-state index < -0.39 is 0 Å². The Labute approximate surface area is 120 Å². The van der Waals surface area contributed by atoms with Gasteiger partial charge in [0.1, 0.15) is 0 Å². The quantitative estimate of drug-likeness (QED) is 0.663. The van der Waals surface area contributed by atoms with Crippen LogP contribution in [0.15, 0.2) is 41.5 Å².